The van der Waals surface area contributed by atoms with Crippen molar-refractivity contribution in [2.24, 2.45) is 0 Å². The smallest absolute Gasteiger partial charge is 0.376 e. The van der Waals surface area contributed by atoms with Crippen LogP contribution in [0.25, 0.3) is 10.9 Å². The molecule has 1 atom stereocenters. The van der Waals surface area contributed by atoms with Gasteiger partial charge >= 0.3 is 6.18 Å². The van der Waals surface area contributed by atoms with Gasteiger partial charge in [-0.3, -0.25) is 4.98 Å². The van der Waals surface area contributed by atoms with Crippen LogP contribution in [0.1, 0.15) is 11.3 Å². The molecular weight excluding hydrogens is 322 g/mol. The summed E-state index contributed by atoms with van der Waals surface area (Å²) in [7, 11) is 0. The van der Waals surface area contributed by atoms with Crippen LogP contribution in [-0.2, 0) is 12.0 Å². The molecule has 0 bridgehead atoms. The fourth-order valence-electron chi connectivity index (χ4n) is 2.57. The standard InChI is InChI=1S/C18H13F4NO/c19-14-8-6-12-7-9-15(23-16(12)10-14)11-17(24,18(20,21)22)13-4-2-1-3-5-13/h1-10,24H,11H2. The summed E-state index contributed by atoms with van der Waals surface area (Å²) in [6.45, 7) is 0. The Bertz CT molecular complexity index is 864. The molecule has 0 saturated heterocycles. The van der Waals surface area contributed by atoms with Crippen molar-refractivity contribution in [1.29, 1.82) is 0 Å². The zero-order valence-corrected chi connectivity index (χ0v) is 12.4. The van der Waals surface area contributed by atoms with E-state index in [0.29, 0.717) is 5.39 Å². The third-order valence-corrected chi connectivity index (χ3v) is 3.87. The molecule has 0 radical (unpaired) electrons. The molecule has 1 N–H and O–H groups in total. The van der Waals surface area contributed by atoms with E-state index < -0.39 is 24.0 Å². The van der Waals surface area contributed by atoms with Gasteiger partial charge in [0.2, 0.25) is 0 Å². The number of rotatable bonds is 3. The van der Waals surface area contributed by atoms with Gasteiger partial charge in [0.05, 0.1) is 5.52 Å². The summed E-state index contributed by atoms with van der Waals surface area (Å²) in [5, 5.41) is 11.0. The molecule has 0 fully saturated rings. The lowest BCUT2D eigenvalue weighted by Gasteiger charge is -2.30. The van der Waals surface area contributed by atoms with Crippen molar-refractivity contribution in [3.63, 3.8) is 0 Å². The number of pyridine rings is 1. The molecule has 2 nitrogen and oxygen atoms in total. The molecule has 0 amide bonds. The highest BCUT2D eigenvalue weighted by Crippen LogP contribution is 2.41. The molecule has 6 heteroatoms. The highest BCUT2D eigenvalue weighted by molar-refractivity contribution is 5.78. The lowest BCUT2D eigenvalue weighted by Crippen LogP contribution is -2.44. The molecule has 2 aromatic carbocycles. The van der Waals surface area contributed by atoms with E-state index in [4.69, 9.17) is 0 Å². The van der Waals surface area contributed by atoms with Gasteiger partial charge in [-0.15, -0.1) is 0 Å². The van der Waals surface area contributed by atoms with E-state index in [2.05, 4.69) is 4.98 Å². The predicted octanol–water partition coefficient (Wildman–Crippen LogP) is 4.37. The maximum atomic E-state index is 13.5. The quantitative estimate of drug-likeness (QED) is 0.721. The van der Waals surface area contributed by atoms with Crippen molar-refractivity contribution < 1.29 is 22.7 Å². The van der Waals surface area contributed by atoms with E-state index in [0.717, 1.165) is 6.07 Å². The van der Waals surface area contributed by atoms with Crippen LogP contribution in [0.2, 0.25) is 0 Å². The normalized spacial score (nSPS) is 14.5. The summed E-state index contributed by atoms with van der Waals surface area (Å²) in [6.07, 6.45) is -5.64. The van der Waals surface area contributed by atoms with Crippen LogP contribution in [0.5, 0.6) is 0 Å². The van der Waals surface area contributed by atoms with Gasteiger partial charge in [-0.05, 0) is 23.8 Å². The van der Waals surface area contributed by atoms with Crippen molar-refractivity contribution in [3.8, 4) is 0 Å². The maximum Gasteiger partial charge on any atom is 0.421 e. The molecule has 124 valence electrons. The van der Waals surface area contributed by atoms with Crippen LogP contribution in [0.15, 0.2) is 60.7 Å². The van der Waals surface area contributed by atoms with Gasteiger partial charge in [-0.1, -0.05) is 36.4 Å². The van der Waals surface area contributed by atoms with Crippen LogP contribution in [-0.4, -0.2) is 16.3 Å². The third-order valence-electron chi connectivity index (χ3n) is 3.87. The van der Waals surface area contributed by atoms with Crippen LogP contribution in [0.4, 0.5) is 17.6 Å². The first-order chi connectivity index (χ1) is 11.3. The zero-order chi connectivity index (χ0) is 17.4. The average Bonchev–Trinajstić information content (AvgIpc) is 2.54. The number of hydrogen-bond acceptors (Lipinski definition) is 2. The monoisotopic (exact) mass is 335 g/mol. The second-order valence-electron chi connectivity index (χ2n) is 5.54. The van der Waals surface area contributed by atoms with Gasteiger partial charge in [0.1, 0.15) is 5.82 Å². The lowest BCUT2D eigenvalue weighted by atomic mass is 9.88. The molecule has 0 aliphatic carbocycles. The summed E-state index contributed by atoms with van der Waals surface area (Å²) >= 11 is 0. The van der Waals surface area contributed by atoms with Crippen molar-refractivity contribution in [3.05, 3.63) is 77.7 Å². The summed E-state index contributed by atoms with van der Waals surface area (Å²) in [6, 6.07) is 13.7. The number of halogens is 4. The van der Waals surface area contributed by atoms with Crippen LogP contribution < -0.4 is 0 Å². The largest absolute Gasteiger partial charge is 0.421 e. The van der Waals surface area contributed by atoms with E-state index >= 15 is 0 Å². The molecule has 0 saturated carbocycles. The Morgan fingerprint density at radius 1 is 0.917 bits per heavy atom. The Morgan fingerprint density at radius 3 is 2.25 bits per heavy atom. The highest BCUT2D eigenvalue weighted by Gasteiger charge is 2.55. The van der Waals surface area contributed by atoms with Crippen molar-refractivity contribution in [2.45, 2.75) is 18.2 Å². The predicted molar refractivity (Wildman–Crippen MR) is 81.8 cm³/mol. The summed E-state index contributed by atoms with van der Waals surface area (Å²) in [5.74, 6) is -0.527. The molecule has 1 unspecified atom stereocenters. The summed E-state index contributed by atoms with van der Waals surface area (Å²) < 4.78 is 53.8. The number of hydrogen-bond donors (Lipinski definition) is 1. The van der Waals surface area contributed by atoms with Gasteiger partial charge in [0, 0.05) is 23.6 Å². The second kappa shape index (κ2) is 5.87. The average molecular weight is 335 g/mol. The van der Waals surface area contributed by atoms with Gasteiger partial charge in [0.15, 0.2) is 5.60 Å². The Labute approximate surface area is 135 Å². The minimum atomic E-state index is -4.88. The van der Waals surface area contributed by atoms with Gasteiger partial charge in [0.25, 0.3) is 0 Å². The Kier molecular flexibility index (Phi) is 4.01. The van der Waals surface area contributed by atoms with E-state index in [1.807, 2.05) is 0 Å². The number of nitrogens with zero attached hydrogens (tertiary/aromatic N) is 1. The fraction of sp³-hybridized carbons (Fsp3) is 0.167. The van der Waals surface area contributed by atoms with Gasteiger partial charge in [-0.25, -0.2) is 4.39 Å². The number of fused-ring (bicyclic) bond motifs is 1. The molecule has 0 aliphatic rings. The van der Waals surface area contributed by atoms with Crippen LogP contribution in [0, 0.1) is 5.82 Å². The number of benzene rings is 2. The molecule has 1 aromatic heterocycles. The van der Waals surface area contributed by atoms with E-state index in [1.165, 1.54) is 42.5 Å². The Morgan fingerprint density at radius 2 is 1.58 bits per heavy atom. The molecule has 3 aromatic rings. The third kappa shape index (κ3) is 2.97. The first-order valence-corrected chi connectivity index (χ1v) is 7.19. The van der Waals surface area contributed by atoms with Crippen LogP contribution >= 0.6 is 0 Å². The maximum absolute atomic E-state index is 13.5. The molecule has 0 aliphatic heterocycles. The number of alkyl halides is 3. The highest BCUT2D eigenvalue weighted by atomic mass is 19.4. The van der Waals surface area contributed by atoms with Gasteiger partial charge in [-0.2, -0.15) is 13.2 Å². The second-order valence-corrected chi connectivity index (χ2v) is 5.54. The Balaban J connectivity index is 2.05. The summed E-state index contributed by atoms with van der Waals surface area (Å²) in [5.41, 5.74) is -3.07. The SMILES string of the molecule is OC(Cc1ccc2ccc(F)cc2n1)(c1ccccc1)C(F)(F)F. The van der Waals surface area contributed by atoms with E-state index in [9.17, 15) is 22.7 Å². The first-order valence-electron chi connectivity index (χ1n) is 7.19. The molecular formula is C18H13F4NO. The Hall–Kier alpha value is -2.47. The topological polar surface area (TPSA) is 33.1 Å². The molecule has 24 heavy (non-hydrogen) atoms. The number of aliphatic hydroxyl groups is 1. The first kappa shape index (κ1) is 16.4. The molecule has 1 heterocycles. The van der Waals surface area contributed by atoms with E-state index in [1.54, 1.807) is 12.1 Å². The van der Waals surface area contributed by atoms with Crippen molar-refractivity contribution >= 4 is 10.9 Å². The van der Waals surface area contributed by atoms with Crippen molar-refractivity contribution in [2.75, 3.05) is 0 Å². The number of aromatic nitrogens is 1. The lowest BCUT2D eigenvalue weighted by molar-refractivity contribution is -0.266. The summed E-state index contributed by atoms with van der Waals surface area (Å²) in [4.78, 5) is 4.06. The fourth-order valence-corrected chi connectivity index (χ4v) is 2.57. The van der Waals surface area contributed by atoms with Crippen molar-refractivity contribution in [1.82, 2.24) is 4.98 Å². The van der Waals surface area contributed by atoms with Gasteiger partial charge < -0.3 is 5.11 Å². The molecule has 0 spiro atoms. The van der Waals surface area contributed by atoms with Crippen LogP contribution in [0.3, 0.4) is 0 Å². The zero-order valence-electron chi connectivity index (χ0n) is 12.4. The van der Waals surface area contributed by atoms with E-state index in [-0.39, 0.29) is 16.8 Å². The minimum absolute atomic E-state index is 0.0248. The minimum Gasteiger partial charge on any atom is -0.376 e. The molecule has 3 rings (SSSR count).